The molecule has 0 saturated carbocycles. The predicted molar refractivity (Wildman–Crippen MR) is 101 cm³/mol. The topological polar surface area (TPSA) is 102 Å². The molecule has 0 aliphatic carbocycles. The van der Waals surface area contributed by atoms with Gasteiger partial charge in [0.25, 0.3) is 0 Å². The van der Waals surface area contributed by atoms with Crippen molar-refractivity contribution in [3.63, 3.8) is 0 Å². The summed E-state index contributed by atoms with van der Waals surface area (Å²) in [5.74, 6) is -0.00928. The Labute approximate surface area is 155 Å². The van der Waals surface area contributed by atoms with E-state index < -0.39 is 29.7 Å². The van der Waals surface area contributed by atoms with Crippen molar-refractivity contribution in [2.45, 2.75) is 65.1 Å². The number of hydrogen-bond acceptors (Lipinski definition) is 5. The largest absolute Gasteiger partial charge is 0.444 e. The zero-order valence-corrected chi connectivity index (χ0v) is 17.2. The number of nitrogens with one attached hydrogen (secondary N) is 1. The van der Waals surface area contributed by atoms with E-state index in [0.29, 0.717) is 18.6 Å². The van der Waals surface area contributed by atoms with E-state index in [1.165, 1.54) is 4.90 Å². The second kappa shape index (κ2) is 10.5. The zero-order valence-electron chi connectivity index (χ0n) is 16.4. The Morgan fingerprint density at radius 3 is 2.20 bits per heavy atom. The smallest absolute Gasteiger partial charge is 0.408 e. The number of rotatable bonds is 9. The third-order valence-corrected chi connectivity index (χ3v) is 4.08. The first-order chi connectivity index (χ1) is 11.4. The Balaban J connectivity index is 5.19. The van der Waals surface area contributed by atoms with Gasteiger partial charge in [-0.25, -0.2) is 4.79 Å². The van der Waals surface area contributed by atoms with Gasteiger partial charge in [-0.15, -0.1) is 0 Å². The summed E-state index contributed by atoms with van der Waals surface area (Å²) in [7, 11) is 1.54. The number of carbonyl (C=O) groups is 3. The van der Waals surface area contributed by atoms with Gasteiger partial charge < -0.3 is 20.7 Å². The monoisotopic (exact) mass is 375 g/mol. The Morgan fingerprint density at radius 2 is 1.80 bits per heavy atom. The highest BCUT2D eigenvalue weighted by Crippen LogP contribution is 2.14. The number of hydrogen-bond donors (Lipinski definition) is 2. The number of alkyl carbamates (subject to hydrolysis) is 1. The molecule has 0 spiro atoms. The lowest BCUT2D eigenvalue weighted by Gasteiger charge is -2.31. The van der Waals surface area contributed by atoms with Crippen LogP contribution in [0.3, 0.4) is 0 Å². The van der Waals surface area contributed by atoms with Crippen molar-refractivity contribution in [1.82, 2.24) is 10.2 Å². The maximum Gasteiger partial charge on any atom is 0.408 e. The third kappa shape index (κ3) is 9.57. The molecular formula is C17H33N3O4S. The molecular weight excluding hydrogens is 342 g/mol. The summed E-state index contributed by atoms with van der Waals surface area (Å²) in [6.07, 6.45) is 2.18. The first kappa shape index (κ1) is 23.6. The van der Waals surface area contributed by atoms with Crippen LogP contribution in [0.1, 0.15) is 47.5 Å². The highest BCUT2D eigenvalue weighted by molar-refractivity contribution is 7.98. The second-order valence-electron chi connectivity index (χ2n) is 7.48. The number of amides is 3. The van der Waals surface area contributed by atoms with Crippen LogP contribution in [-0.2, 0) is 14.3 Å². The molecule has 8 heteroatoms. The van der Waals surface area contributed by atoms with Gasteiger partial charge in [-0.2, -0.15) is 11.8 Å². The molecule has 0 radical (unpaired) electrons. The van der Waals surface area contributed by atoms with E-state index in [0.717, 1.165) is 0 Å². The van der Waals surface area contributed by atoms with Gasteiger partial charge in [0, 0.05) is 7.05 Å². The number of nitrogens with two attached hydrogens (primary N) is 1. The minimum atomic E-state index is -0.768. The van der Waals surface area contributed by atoms with E-state index in [1.807, 2.05) is 20.1 Å². The number of ether oxygens (including phenoxy) is 1. The maximum atomic E-state index is 12.8. The maximum absolute atomic E-state index is 12.8. The second-order valence-corrected chi connectivity index (χ2v) is 8.46. The van der Waals surface area contributed by atoms with E-state index in [-0.39, 0.29) is 11.8 Å². The molecule has 3 N–H and O–H groups in total. The summed E-state index contributed by atoms with van der Waals surface area (Å²) in [5, 5.41) is 2.63. The van der Waals surface area contributed by atoms with Crippen LogP contribution in [0.25, 0.3) is 0 Å². The molecule has 0 unspecified atom stereocenters. The Morgan fingerprint density at radius 1 is 1.24 bits per heavy atom. The molecule has 146 valence electrons. The van der Waals surface area contributed by atoms with Crippen LogP contribution in [-0.4, -0.2) is 59.5 Å². The van der Waals surface area contributed by atoms with Gasteiger partial charge in [0.2, 0.25) is 11.8 Å². The molecule has 25 heavy (non-hydrogen) atoms. The van der Waals surface area contributed by atoms with Crippen LogP contribution in [0.4, 0.5) is 4.79 Å². The van der Waals surface area contributed by atoms with E-state index in [9.17, 15) is 14.4 Å². The molecule has 0 aromatic rings. The average molecular weight is 376 g/mol. The molecule has 0 aliphatic rings. The van der Waals surface area contributed by atoms with E-state index >= 15 is 0 Å². The van der Waals surface area contributed by atoms with Crippen molar-refractivity contribution in [2.24, 2.45) is 11.7 Å². The summed E-state index contributed by atoms with van der Waals surface area (Å²) in [6, 6.07) is -1.47. The van der Waals surface area contributed by atoms with Crippen molar-refractivity contribution < 1.29 is 19.1 Å². The molecule has 0 saturated heterocycles. The number of thioether (sulfide) groups is 1. The molecule has 0 heterocycles. The predicted octanol–water partition coefficient (Wildman–Crippen LogP) is 1.99. The van der Waals surface area contributed by atoms with Crippen molar-refractivity contribution >= 4 is 29.7 Å². The normalized spacial score (nSPS) is 13.9. The molecule has 0 fully saturated rings. The van der Waals surface area contributed by atoms with Crippen molar-refractivity contribution in [1.29, 1.82) is 0 Å². The SMILES string of the molecule is CSCC[C@@H](C(N)=O)N(C)C(=O)[C@H](CC(C)C)NC(=O)OC(C)(C)C. The zero-order chi connectivity index (χ0) is 19.8. The Bertz CT molecular complexity index is 463. The van der Waals surface area contributed by atoms with Crippen molar-refractivity contribution in [3.8, 4) is 0 Å². The van der Waals surface area contributed by atoms with Gasteiger partial charge in [-0.3, -0.25) is 9.59 Å². The Kier molecular flexibility index (Phi) is 9.92. The minimum absolute atomic E-state index is 0.176. The van der Waals surface area contributed by atoms with E-state index in [1.54, 1.807) is 39.6 Å². The minimum Gasteiger partial charge on any atom is -0.444 e. The molecule has 3 amide bonds. The number of likely N-dealkylation sites (N-methyl/N-ethyl adjacent to an activating group) is 1. The van der Waals surface area contributed by atoms with Crippen LogP contribution in [0, 0.1) is 5.92 Å². The molecule has 0 aromatic carbocycles. The quantitative estimate of drug-likeness (QED) is 0.642. The summed E-state index contributed by atoms with van der Waals surface area (Å²) >= 11 is 1.58. The molecule has 0 bridgehead atoms. The van der Waals surface area contributed by atoms with Gasteiger partial charge in [0.1, 0.15) is 17.7 Å². The van der Waals surface area contributed by atoms with E-state index in [2.05, 4.69) is 5.32 Å². The fourth-order valence-corrected chi connectivity index (χ4v) is 2.76. The first-order valence-corrected chi connectivity index (χ1v) is 9.82. The molecule has 0 rings (SSSR count). The van der Waals surface area contributed by atoms with Crippen molar-refractivity contribution in [2.75, 3.05) is 19.1 Å². The molecule has 0 aromatic heterocycles. The highest BCUT2D eigenvalue weighted by Gasteiger charge is 2.32. The lowest BCUT2D eigenvalue weighted by molar-refractivity contribution is -0.139. The molecule has 2 atom stereocenters. The van der Waals surface area contributed by atoms with Gasteiger partial charge >= 0.3 is 6.09 Å². The number of primary amides is 1. The Hall–Kier alpha value is -1.44. The standard InChI is InChI=1S/C17H33N3O4S/c1-11(2)10-12(19-16(23)24-17(3,4)5)15(22)20(6)13(14(18)21)8-9-25-7/h11-13H,8-10H2,1-7H3,(H2,18,21)(H,19,23)/t12-,13-/m0/s1. The summed E-state index contributed by atoms with van der Waals surface area (Å²) in [6.45, 7) is 9.17. The fourth-order valence-electron chi connectivity index (χ4n) is 2.30. The van der Waals surface area contributed by atoms with Crippen LogP contribution in [0.5, 0.6) is 0 Å². The van der Waals surface area contributed by atoms with Crippen LogP contribution in [0.2, 0.25) is 0 Å². The first-order valence-electron chi connectivity index (χ1n) is 8.43. The van der Waals surface area contributed by atoms with Gasteiger partial charge in [0.15, 0.2) is 0 Å². The number of carbonyl (C=O) groups excluding carboxylic acids is 3. The van der Waals surface area contributed by atoms with Crippen LogP contribution >= 0.6 is 11.8 Å². The van der Waals surface area contributed by atoms with Crippen LogP contribution < -0.4 is 11.1 Å². The van der Waals surface area contributed by atoms with E-state index in [4.69, 9.17) is 10.5 Å². The summed E-state index contributed by atoms with van der Waals surface area (Å²) in [5.41, 5.74) is 4.79. The van der Waals surface area contributed by atoms with Gasteiger partial charge in [-0.05, 0) is 51.5 Å². The molecule has 7 nitrogen and oxygen atoms in total. The summed E-state index contributed by atoms with van der Waals surface area (Å²) in [4.78, 5) is 37.9. The lowest BCUT2D eigenvalue weighted by atomic mass is 10.0. The highest BCUT2D eigenvalue weighted by atomic mass is 32.2. The molecule has 0 aliphatic heterocycles. The fraction of sp³-hybridized carbons (Fsp3) is 0.824. The third-order valence-electron chi connectivity index (χ3n) is 3.44. The van der Waals surface area contributed by atoms with Crippen LogP contribution in [0.15, 0.2) is 0 Å². The lowest BCUT2D eigenvalue weighted by Crippen LogP contribution is -2.54. The average Bonchev–Trinajstić information content (AvgIpc) is 2.43. The van der Waals surface area contributed by atoms with Gasteiger partial charge in [-0.1, -0.05) is 13.8 Å². The van der Waals surface area contributed by atoms with Crippen molar-refractivity contribution in [3.05, 3.63) is 0 Å². The van der Waals surface area contributed by atoms with Gasteiger partial charge in [0.05, 0.1) is 0 Å². The number of nitrogens with zero attached hydrogens (tertiary/aromatic N) is 1. The summed E-state index contributed by atoms with van der Waals surface area (Å²) < 4.78 is 5.24.